The van der Waals surface area contributed by atoms with E-state index in [0.717, 1.165) is 18.4 Å². The molecule has 0 atom stereocenters. The van der Waals surface area contributed by atoms with Crippen molar-refractivity contribution in [2.24, 2.45) is 0 Å². The maximum Gasteiger partial charge on any atom is 0.243 e. The van der Waals surface area contributed by atoms with Crippen molar-refractivity contribution < 1.29 is 8.42 Å². The highest BCUT2D eigenvalue weighted by Crippen LogP contribution is 2.19. The molecular formula is C14H23NO2S. The molecule has 1 aromatic rings. The van der Waals surface area contributed by atoms with Crippen molar-refractivity contribution in [3.8, 4) is 0 Å². The van der Waals surface area contributed by atoms with Crippen molar-refractivity contribution in [2.45, 2.75) is 51.5 Å². The zero-order chi connectivity index (χ0) is 13.8. The summed E-state index contributed by atoms with van der Waals surface area (Å²) in [6.07, 6.45) is 1.88. The summed E-state index contributed by atoms with van der Waals surface area (Å²) in [5.41, 5.74) is 1.07. The molecule has 4 heteroatoms. The number of nitrogens with zero attached hydrogens (tertiary/aromatic N) is 1. The lowest BCUT2D eigenvalue weighted by atomic mass is 10.2. The highest BCUT2D eigenvalue weighted by atomic mass is 32.2. The van der Waals surface area contributed by atoms with Gasteiger partial charge in [0.2, 0.25) is 10.0 Å². The fourth-order valence-electron chi connectivity index (χ4n) is 1.82. The van der Waals surface area contributed by atoms with Gasteiger partial charge in [0.1, 0.15) is 0 Å². The van der Waals surface area contributed by atoms with Gasteiger partial charge in [-0.2, -0.15) is 4.31 Å². The van der Waals surface area contributed by atoms with E-state index in [-0.39, 0.29) is 6.04 Å². The van der Waals surface area contributed by atoms with Crippen molar-refractivity contribution in [3.05, 3.63) is 29.8 Å². The van der Waals surface area contributed by atoms with Crippen molar-refractivity contribution in [1.82, 2.24) is 4.31 Å². The van der Waals surface area contributed by atoms with Crippen LogP contribution in [0, 0.1) is 6.92 Å². The third-order valence-electron chi connectivity index (χ3n) is 2.94. The Labute approximate surface area is 111 Å². The topological polar surface area (TPSA) is 37.4 Å². The van der Waals surface area contributed by atoms with Crippen LogP contribution in [-0.4, -0.2) is 25.3 Å². The number of hydrogen-bond donors (Lipinski definition) is 0. The highest BCUT2D eigenvalue weighted by Gasteiger charge is 2.26. The first-order chi connectivity index (χ1) is 8.39. The first-order valence-electron chi connectivity index (χ1n) is 6.48. The van der Waals surface area contributed by atoms with Gasteiger partial charge in [0.15, 0.2) is 0 Å². The summed E-state index contributed by atoms with van der Waals surface area (Å²) in [5, 5.41) is 0. The standard InChI is InChI=1S/C14H23NO2S/c1-5-6-11-15(12(2)3)18(16,17)14-9-7-13(4)8-10-14/h7-10,12H,5-6,11H2,1-4H3. The molecule has 0 amide bonds. The van der Waals surface area contributed by atoms with Crippen LogP contribution in [0.5, 0.6) is 0 Å². The van der Waals surface area contributed by atoms with E-state index >= 15 is 0 Å². The van der Waals surface area contributed by atoms with Crippen LogP contribution in [0.2, 0.25) is 0 Å². The molecule has 0 radical (unpaired) electrons. The molecule has 1 aromatic carbocycles. The van der Waals surface area contributed by atoms with Crippen LogP contribution in [0.4, 0.5) is 0 Å². The second kappa shape index (κ2) is 6.34. The monoisotopic (exact) mass is 269 g/mol. The summed E-state index contributed by atoms with van der Waals surface area (Å²) in [4.78, 5) is 0.387. The van der Waals surface area contributed by atoms with Crippen molar-refractivity contribution in [3.63, 3.8) is 0 Å². The first-order valence-corrected chi connectivity index (χ1v) is 7.92. The van der Waals surface area contributed by atoms with Crippen LogP contribution < -0.4 is 0 Å². The van der Waals surface area contributed by atoms with E-state index in [4.69, 9.17) is 0 Å². The van der Waals surface area contributed by atoms with Gasteiger partial charge in [0.25, 0.3) is 0 Å². The fourth-order valence-corrected chi connectivity index (χ4v) is 3.49. The van der Waals surface area contributed by atoms with Gasteiger partial charge in [0.05, 0.1) is 4.90 Å². The maximum absolute atomic E-state index is 12.5. The summed E-state index contributed by atoms with van der Waals surface area (Å²) in [6, 6.07) is 7.04. The van der Waals surface area contributed by atoms with Gasteiger partial charge in [-0.05, 0) is 39.3 Å². The Bertz CT molecular complexity index is 463. The number of unbranched alkanes of at least 4 members (excludes halogenated alkanes) is 1. The van der Waals surface area contributed by atoms with Gasteiger partial charge in [-0.3, -0.25) is 0 Å². The van der Waals surface area contributed by atoms with Crippen LogP contribution in [0.15, 0.2) is 29.2 Å². The predicted octanol–water partition coefficient (Wildman–Crippen LogP) is 3.19. The third-order valence-corrected chi connectivity index (χ3v) is 5.03. The van der Waals surface area contributed by atoms with Crippen molar-refractivity contribution in [1.29, 1.82) is 0 Å². The number of rotatable bonds is 6. The van der Waals surface area contributed by atoms with E-state index in [0.29, 0.717) is 11.4 Å². The SMILES string of the molecule is CCCCN(C(C)C)S(=O)(=O)c1ccc(C)cc1. The smallest absolute Gasteiger partial charge is 0.207 e. The van der Waals surface area contributed by atoms with Crippen LogP contribution in [0.25, 0.3) is 0 Å². The molecule has 1 rings (SSSR count). The van der Waals surface area contributed by atoms with Crippen LogP contribution in [-0.2, 0) is 10.0 Å². The third kappa shape index (κ3) is 3.56. The van der Waals surface area contributed by atoms with Gasteiger partial charge in [-0.1, -0.05) is 31.0 Å². The fraction of sp³-hybridized carbons (Fsp3) is 0.571. The quantitative estimate of drug-likeness (QED) is 0.795. The first kappa shape index (κ1) is 15.2. The largest absolute Gasteiger partial charge is 0.243 e. The lowest BCUT2D eigenvalue weighted by Gasteiger charge is -2.25. The molecule has 0 unspecified atom stereocenters. The molecule has 3 nitrogen and oxygen atoms in total. The molecule has 0 saturated carbocycles. The molecule has 0 aliphatic heterocycles. The van der Waals surface area contributed by atoms with E-state index in [1.165, 1.54) is 0 Å². The van der Waals surface area contributed by atoms with Crippen molar-refractivity contribution >= 4 is 10.0 Å². The molecule has 102 valence electrons. The number of benzene rings is 1. The molecule has 0 heterocycles. The van der Waals surface area contributed by atoms with E-state index in [9.17, 15) is 8.42 Å². The molecule has 0 spiro atoms. The Kier molecular flexibility index (Phi) is 5.35. The molecule has 18 heavy (non-hydrogen) atoms. The van der Waals surface area contributed by atoms with Crippen LogP contribution in [0.3, 0.4) is 0 Å². The molecular weight excluding hydrogens is 246 g/mol. The lowest BCUT2D eigenvalue weighted by molar-refractivity contribution is 0.348. The van der Waals surface area contributed by atoms with Gasteiger partial charge in [-0.15, -0.1) is 0 Å². The molecule has 0 aliphatic rings. The van der Waals surface area contributed by atoms with Gasteiger partial charge >= 0.3 is 0 Å². The molecule has 0 saturated heterocycles. The lowest BCUT2D eigenvalue weighted by Crippen LogP contribution is -2.37. The Morgan fingerprint density at radius 2 is 1.72 bits per heavy atom. The Balaban J connectivity index is 3.05. The van der Waals surface area contributed by atoms with Gasteiger partial charge < -0.3 is 0 Å². The molecule has 0 aliphatic carbocycles. The second-order valence-electron chi connectivity index (χ2n) is 4.88. The van der Waals surface area contributed by atoms with Crippen LogP contribution >= 0.6 is 0 Å². The average Bonchev–Trinajstić information content (AvgIpc) is 2.29. The van der Waals surface area contributed by atoms with E-state index in [1.807, 2.05) is 32.9 Å². The van der Waals surface area contributed by atoms with E-state index < -0.39 is 10.0 Å². The minimum atomic E-state index is -3.36. The summed E-state index contributed by atoms with van der Waals surface area (Å²) in [6.45, 7) is 8.44. The minimum Gasteiger partial charge on any atom is -0.207 e. The Morgan fingerprint density at radius 1 is 1.17 bits per heavy atom. The molecule has 0 fully saturated rings. The normalized spacial score (nSPS) is 12.3. The Morgan fingerprint density at radius 3 is 2.17 bits per heavy atom. The predicted molar refractivity (Wildman–Crippen MR) is 75.1 cm³/mol. The van der Waals surface area contributed by atoms with Crippen LogP contribution in [0.1, 0.15) is 39.2 Å². The zero-order valence-corrected chi connectivity index (χ0v) is 12.5. The number of aryl methyl sites for hydroxylation is 1. The van der Waals surface area contributed by atoms with Gasteiger partial charge in [0, 0.05) is 12.6 Å². The average molecular weight is 269 g/mol. The van der Waals surface area contributed by atoms with Crippen molar-refractivity contribution in [2.75, 3.05) is 6.54 Å². The zero-order valence-electron chi connectivity index (χ0n) is 11.7. The number of sulfonamides is 1. The molecule has 0 aromatic heterocycles. The number of hydrogen-bond acceptors (Lipinski definition) is 2. The summed E-state index contributed by atoms with van der Waals surface area (Å²) < 4.78 is 26.6. The summed E-state index contributed by atoms with van der Waals surface area (Å²) >= 11 is 0. The van der Waals surface area contributed by atoms with E-state index in [1.54, 1.807) is 16.4 Å². The van der Waals surface area contributed by atoms with Gasteiger partial charge in [-0.25, -0.2) is 8.42 Å². The molecule has 0 N–H and O–H groups in total. The minimum absolute atomic E-state index is 0.0112. The summed E-state index contributed by atoms with van der Waals surface area (Å²) in [7, 11) is -3.36. The van der Waals surface area contributed by atoms with E-state index in [2.05, 4.69) is 6.92 Å². The summed E-state index contributed by atoms with van der Waals surface area (Å²) in [5.74, 6) is 0. The second-order valence-corrected chi connectivity index (χ2v) is 6.77. The molecule has 0 bridgehead atoms. The maximum atomic E-state index is 12.5. The Hall–Kier alpha value is -0.870. The highest BCUT2D eigenvalue weighted by molar-refractivity contribution is 7.89.